The van der Waals surface area contributed by atoms with Gasteiger partial charge in [-0.3, -0.25) is 4.79 Å². The molecule has 0 fully saturated rings. The maximum atomic E-state index is 12.0. The van der Waals surface area contributed by atoms with Gasteiger partial charge < -0.3 is 5.32 Å². The monoisotopic (exact) mass is 378 g/mol. The molecule has 0 saturated carbocycles. The number of anilines is 1. The number of nitriles is 1. The first-order valence-corrected chi connectivity index (χ1v) is 6.95. The van der Waals surface area contributed by atoms with Crippen LogP contribution in [0.2, 0.25) is 0 Å². The van der Waals surface area contributed by atoms with E-state index in [-0.39, 0.29) is 5.91 Å². The van der Waals surface area contributed by atoms with Crippen LogP contribution >= 0.6 is 31.9 Å². The maximum absolute atomic E-state index is 12.0. The van der Waals surface area contributed by atoms with E-state index in [2.05, 4.69) is 37.2 Å². The highest BCUT2D eigenvalue weighted by atomic mass is 79.9. The van der Waals surface area contributed by atoms with Crippen LogP contribution in [-0.2, 0) is 0 Å². The van der Waals surface area contributed by atoms with E-state index in [1.807, 2.05) is 18.2 Å². The summed E-state index contributed by atoms with van der Waals surface area (Å²) < 4.78 is 1.60. The largest absolute Gasteiger partial charge is 0.321 e. The highest BCUT2D eigenvalue weighted by Crippen LogP contribution is 2.24. The van der Waals surface area contributed by atoms with E-state index in [0.29, 0.717) is 21.3 Å². The summed E-state index contributed by atoms with van der Waals surface area (Å²) in [5, 5.41) is 11.6. The van der Waals surface area contributed by atoms with Crippen LogP contribution in [0.5, 0.6) is 0 Å². The van der Waals surface area contributed by atoms with Gasteiger partial charge in [0.2, 0.25) is 0 Å². The normalized spacial score (nSPS) is 9.74. The Morgan fingerprint density at radius 3 is 2.37 bits per heavy atom. The fourth-order valence-corrected chi connectivity index (χ4v) is 2.22. The zero-order valence-electron chi connectivity index (χ0n) is 9.65. The van der Waals surface area contributed by atoms with E-state index >= 15 is 0 Å². The first-order valence-electron chi connectivity index (χ1n) is 5.37. The van der Waals surface area contributed by atoms with Crippen molar-refractivity contribution in [3.05, 3.63) is 62.5 Å². The van der Waals surface area contributed by atoms with Gasteiger partial charge in [0, 0.05) is 14.5 Å². The molecular formula is C14H8Br2N2O. The quantitative estimate of drug-likeness (QED) is 0.843. The fraction of sp³-hybridized carbons (Fsp3) is 0. The summed E-state index contributed by atoms with van der Waals surface area (Å²) in [6.07, 6.45) is 0. The smallest absolute Gasteiger partial charge is 0.255 e. The van der Waals surface area contributed by atoms with Crippen LogP contribution in [0.3, 0.4) is 0 Å². The average Bonchev–Trinajstić information content (AvgIpc) is 2.41. The van der Waals surface area contributed by atoms with Crippen molar-refractivity contribution in [1.82, 2.24) is 0 Å². The Hall–Kier alpha value is -1.64. The predicted octanol–water partition coefficient (Wildman–Crippen LogP) is 4.34. The Bertz CT molecular complexity index is 660. The molecule has 3 nitrogen and oxygen atoms in total. The minimum Gasteiger partial charge on any atom is -0.321 e. The number of nitrogens with one attached hydrogen (secondary N) is 1. The van der Waals surface area contributed by atoms with Crippen LogP contribution in [0.1, 0.15) is 15.9 Å². The molecule has 0 spiro atoms. The van der Waals surface area contributed by atoms with Crippen LogP contribution in [-0.4, -0.2) is 5.91 Å². The van der Waals surface area contributed by atoms with Crippen molar-refractivity contribution in [1.29, 1.82) is 5.26 Å². The summed E-state index contributed by atoms with van der Waals surface area (Å²) in [6, 6.07) is 14.1. The van der Waals surface area contributed by atoms with Gasteiger partial charge >= 0.3 is 0 Å². The van der Waals surface area contributed by atoms with E-state index < -0.39 is 0 Å². The molecule has 2 aromatic carbocycles. The third-order valence-electron chi connectivity index (χ3n) is 2.45. The van der Waals surface area contributed by atoms with Gasteiger partial charge in [0.15, 0.2) is 0 Å². The standard InChI is InChI=1S/C14H8Br2N2O/c15-11-4-2-10(3-5-11)14(19)18-13-6-1-9(8-17)7-12(13)16/h1-7H,(H,18,19). The van der Waals surface area contributed by atoms with Crippen molar-refractivity contribution < 1.29 is 4.79 Å². The number of carbonyl (C=O) groups excluding carboxylic acids is 1. The summed E-state index contributed by atoms with van der Waals surface area (Å²) in [5.74, 6) is -0.196. The van der Waals surface area contributed by atoms with Crippen LogP contribution in [0.15, 0.2) is 51.4 Å². The second kappa shape index (κ2) is 6.00. The molecule has 0 aromatic heterocycles. The highest BCUT2D eigenvalue weighted by molar-refractivity contribution is 9.10. The van der Waals surface area contributed by atoms with Gasteiger partial charge in [0.05, 0.1) is 17.3 Å². The molecule has 1 amide bonds. The molecule has 0 atom stereocenters. The van der Waals surface area contributed by atoms with Crippen molar-refractivity contribution >= 4 is 43.5 Å². The molecule has 0 unspecified atom stereocenters. The summed E-state index contributed by atoms with van der Waals surface area (Å²) in [6.45, 7) is 0. The van der Waals surface area contributed by atoms with Gasteiger partial charge in [-0.1, -0.05) is 15.9 Å². The summed E-state index contributed by atoms with van der Waals surface area (Å²) >= 11 is 6.65. The molecule has 0 bridgehead atoms. The van der Waals surface area contributed by atoms with Crippen LogP contribution < -0.4 is 5.32 Å². The summed E-state index contributed by atoms with van der Waals surface area (Å²) in [7, 11) is 0. The lowest BCUT2D eigenvalue weighted by atomic mass is 10.2. The Morgan fingerprint density at radius 1 is 1.11 bits per heavy atom. The van der Waals surface area contributed by atoms with Crippen molar-refractivity contribution in [3.63, 3.8) is 0 Å². The van der Waals surface area contributed by atoms with Gasteiger partial charge in [-0.25, -0.2) is 0 Å². The summed E-state index contributed by atoms with van der Waals surface area (Å²) in [4.78, 5) is 12.0. The van der Waals surface area contributed by atoms with Gasteiger partial charge in [0.25, 0.3) is 5.91 Å². The number of rotatable bonds is 2. The molecule has 5 heteroatoms. The number of benzene rings is 2. The number of carbonyl (C=O) groups is 1. The average molecular weight is 380 g/mol. The number of hydrogen-bond donors (Lipinski definition) is 1. The second-order valence-corrected chi connectivity index (χ2v) is 5.54. The van der Waals surface area contributed by atoms with Crippen LogP contribution in [0.4, 0.5) is 5.69 Å². The third kappa shape index (κ3) is 3.43. The number of nitrogens with zero attached hydrogens (tertiary/aromatic N) is 1. The fourth-order valence-electron chi connectivity index (χ4n) is 1.48. The van der Waals surface area contributed by atoms with E-state index in [1.54, 1.807) is 30.3 Å². The zero-order valence-corrected chi connectivity index (χ0v) is 12.8. The number of amides is 1. The van der Waals surface area contributed by atoms with Crippen molar-refractivity contribution in [3.8, 4) is 6.07 Å². The molecular weight excluding hydrogens is 372 g/mol. The molecule has 0 radical (unpaired) electrons. The zero-order chi connectivity index (χ0) is 13.8. The highest BCUT2D eigenvalue weighted by Gasteiger charge is 2.08. The van der Waals surface area contributed by atoms with Gasteiger partial charge in [-0.15, -0.1) is 0 Å². The van der Waals surface area contributed by atoms with Crippen molar-refractivity contribution in [2.75, 3.05) is 5.32 Å². The molecule has 2 rings (SSSR count). The second-order valence-electron chi connectivity index (χ2n) is 3.77. The number of hydrogen-bond acceptors (Lipinski definition) is 2. The Labute approximate surface area is 127 Å². The maximum Gasteiger partial charge on any atom is 0.255 e. The first kappa shape index (κ1) is 13.8. The van der Waals surface area contributed by atoms with Gasteiger partial charge in [0.1, 0.15) is 0 Å². The number of halogens is 2. The molecule has 19 heavy (non-hydrogen) atoms. The Kier molecular flexibility index (Phi) is 4.35. The molecule has 0 saturated heterocycles. The lowest BCUT2D eigenvalue weighted by Crippen LogP contribution is -2.12. The predicted molar refractivity (Wildman–Crippen MR) is 81.0 cm³/mol. The minimum absolute atomic E-state index is 0.196. The molecule has 0 aliphatic carbocycles. The minimum atomic E-state index is -0.196. The van der Waals surface area contributed by atoms with Crippen molar-refractivity contribution in [2.24, 2.45) is 0 Å². The van der Waals surface area contributed by atoms with E-state index in [0.717, 1.165) is 4.47 Å². The van der Waals surface area contributed by atoms with Crippen LogP contribution in [0.25, 0.3) is 0 Å². The Balaban J connectivity index is 2.20. The lowest BCUT2D eigenvalue weighted by Gasteiger charge is -2.07. The molecule has 2 aromatic rings. The molecule has 1 N–H and O–H groups in total. The molecule has 0 heterocycles. The van der Waals surface area contributed by atoms with Crippen LogP contribution in [0, 0.1) is 11.3 Å². The molecule has 0 aliphatic rings. The SMILES string of the molecule is N#Cc1ccc(NC(=O)c2ccc(Br)cc2)c(Br)c1. The lowest BCUT2D eigenvalue weighted by molar-refractivity contribution is 0.102. The first-order chi connectivity index (χ1) is 9.10. The molecule has 94 valence electrons. The van der Waals surface area contributed by atoms with Crippen molar-refractivity contribution in [2.45, 2.75) is 0 Å². The van der Waals surface area contributed by atoms with Gasteiger partial charge in [-0.05, 0) is 58.4 Å². The van der Waals surface area contributed by atoms with E-state index in [9.17, 15) is 4.79 Å². The topological polar surface area (TPSA) is 52.9 Å². The third-order valence-corrected chi connectivity index (χ3v) is 3.64. The summed E-state index contributed by atoms with van der Waals surface area (Å²) in [5.41, 5.74) is 1.74. The van der Waals surface area contributed by atoms with E-state index in [4.69, 9.17) is 5.26 Å². The van der Waals surface area contributed by atoms with E-state index in [1.165, 1.54) is 0 Å². The molecule has 0 aliphatic heterocycles. The van der Waals surface area contributed by atoms with Gasteiger partial charge in [-0.2, -0.15) is 5.26 Å². The Morgan fingerprint density at radius 2 is 1.79 bits per heavy atom.